The smallest absolute Gasteiger partial charge is 0.279 e. The highest BCUT2D eigenvalue weighted by Crippen LogP contribution is 2.61. The zero-order chi connectivity index (χ0) is 39.6. The minimum absolute atomic E-state index is 0.0388. The number of anilines is 2. The first-order valence-corrected chi connectivity index (χ1v) is 22.7. The highest BCUT2D eigenvalue weighted by Gasteiger charge is 2.67. The van der Waals surface area contributed by atoms with Crippen molar-refractivity contribution in [2.75, 3.05) is 18.6 Å². The first kappa shape index (κ1) is 36.9. The fraction of sp³-hybridized carbons (Fsp3) is 0.283. The molecule has 2 N–H and O–H groups in total. The molecule has 0 aliphatic carbocycles. The van der Waals surface area contributed by atoms with Gasteiger partial charge in [-0.2, -0.15) is 0 Å². The van der Waals surface area contributed by atoms with E-state index in [-0.39, 0.29) is 47.9 Å². The number of benzene rings is 5. The van der Waals surface area contributed by atoms with E-state index < -0.39 is 19.8 Å². The van der Waals surface area contributed by atoms with Gasteiger partial charge in [0, 0.05) is 23.7 Å². The predicted molar refractivity (Wildman–Crippen MR) is 223 cm³/mol. The Hall–Kier alpha value is -5.75. The predicted octanol–water partition coefficient (Wildman–Crippen LogP) is 6.56. The molecule has 1 fully saturated rings. The Bertz CT molecular complexity index is 2570. The average molecular weight is 779 g/mol. The molecule has 4 heterocycles. The van der Waals surface area contributed by atoms with Gasteiger partial charge in [0.1, 0.15) is 5.75 Å². The lowest BCUT2D eigenvalue weighted by molar-refractivity contribution is -0.150. The molecule has 1 spiro atoms. The van der Waals surface area contributed by atoms with Crippen molar-refractivity contribution >= 4 is 47.4 Å². The van der Waals surface area contributed by atoms with Crippen LogP contribution < -0.4 is 20.4 Å². The summed E-state index contributed by atoms with van der Waals surface area (Å²) in [6.07, 6.45) is -0.0372. The Morgan fingerprint density at radius 2 is 1.60 bits per heavy atom. The number of hydrogen-bond acceptors (Lipinski definition) is 6. The van der Waals surface area contributed by atoms with Crippen LogP contribution in [0, 0.1) is 5.92 Å². The zero-order valence-electron chi connectivity index (χ0n) is 32.5. The second-order valence-corrected chi connectivity index (χ2v) is 20.9. The van der Waals surface area contributed by atoms with Gasteiger partial charge >= 0.3 is 0 Å². The molecule has 1 aromatic heterocycles. The van der Waals surface area contributed by atoms with Crippen molar-refractivity contribution in [3.8, 4) is 11.4 Å². The summed E-state index contributed by atoms with van der Waals surface area (Å²) >= 11 is 0. The van der Waals surface area contributed by atoms with Gasteiger partial charge in [-0.25, -0.2) is 4.68 Å². The molecule has 57 heavy (non-hydrogen) atoms. The molecule has 0 saturated carbocycles. The number of para-hydroxylation sites is 2. The molecule has 0 bridgehead atoms. The molecule has 11 heteroatoms. The standard InChI is InChI=1S/C46H46N4O6Si/c1-29-43(57(3,4)36-21-19-35(55-2)20-22-36)41(26-42(52)48-27-31-13-9-8-12-30(31)24-34(48)28-51)56-46(29)38-25-33(50-44(53)37-16-10-11-17-39(37)47-50)18-23-40(38)49(45(46)54)32-14-6-5-7-15-32/h5-23,25,29,34,41,43,47,51H,24,26-28H2,1-4H3/t29-,34-,41+,43-,46+/m0/s1. The highest BCUT2D eigenvalue weighted by atomic mass is 28.3. The second kappa shape index (κ2) is 14.0. The van der Waals surface area contributed by atoms with Gasteiger partial charge in [0.25, 0.3) is 11.5 Å². The fourth-order valence-electron chi connectivity index (χ4n) is 9.97. The van der Waals surface area contributed by atoms with E-state index in [2.05, 4.69) is 43.3 Å². The molecule has 9 rings (SSSR count). The third kappa shape index (κ3) is 5.78. The number of nitrogens with one attached hydrogen (secondary N) is 1. The third-order valence-electron chi connectivity index (χ3n) is 12.9. The number of rotatable bonds is 8. The van der Waals surface area contributed by atoms with E-state index in [0.717, 1.165) is 22.1 Å². The number of amides is 2. The minimum Gasteiger partial charge on any atom is -0.497 e. The Morgan fingerprint density at radius 3 is 2.32 bits per heavy atom. The monoisotopic (exact) mass is 778 g/mol. The Labute approximate surface area is 332 Å². The number of fused-ring (bicyclic) bond motifs is 4. The molecule has 3 aliphatic heterocycles. The van der Waals surface area contributed by atoms with Crippen LogP contribution in [-0.2, 0) is 32.9 Å². The summed E-state index contributed by atoms with van der Waals surface area (Å²) in [6, 6.07) is 38.4. The molecular weight excluding hydrogens is 733 g/mol. The molecule has 5 aromatic carbocycles. The SMILES string of the molecule is COc1ccc([Si](C)(C)[C@@H]2[C@@H](CC(=O)N3Cc4ccccc4C[C@H]3CO)O[C@]3(C(=O)N(c4ccccc4)c4ccc(-n5[nH]c6ccccc6c5=O)cc43)[C@H]2C)cc1. The van der Waals surface area contributed by atoms with Crippen LogP contribution >= 0.6 is 0 Å². The second-order valence-electron chi connectivity index (χ2n) is 16.2. The van der Waals surface area contributed by atoms with Crippen LogP contribution in [0.25, 0.3) is 16.6 Å². The number of ether oxygens (including phenoxy) is 2. The summed E-state index contributed by atoms with van der Waals surface area (Å²) in [5, 5.41) is 15.5. The van der Waals surface area contributed by atoms with Gasteiger partial charge in [-0.15, -0.1) is 0 Å². The molecule has 290 valence electrons. The average Bonchev–Trinajstić information content (AvgIpc) is 3.82. The number of aromatic nitrogens is 2. The van der Waals surface area contributed by atoms with Crippen LogP contribution in [0.2, 0.25) is 18.6 Å². The van der Waals surface area contributed by atoms with Crippen LogP contribution in [0.1, 0.15) is 30.0 Å². The van der Waals surface area contributed by atoms with E-state index >= 15 is 4.79 Å². The van der Waals surface area contributed by atoms with Crippen LogP contribution in [-0.4, -0.2) is 65.5 Å². The van der Waals surface area contributed by atoms with E-state index in [4.69, 9.17) is 9.47 Å². The molecule has 6 aromatic rings. The molecule has 0 radical (unpaired) electrons. The number of H-pyrrole nitrogens is 1. The number of carbonyl (C=O) groups is 2. The van der Waals surface area contributed by atoms with Crippen LogP contribution in [0.5, 0.6) is 5.75 Å². The maximum Gasteiger partial charge on any atom is 0.279 e. The lowest BCUT2D eigenvalue weighted by atomic mass is 9.82. The van der Waals surface area contributed by atoms with E-state index in [0.29, 0.717) is 46.5 Å². The van der Waals surface area contributed by atoms with Gasteiger partial charge in [0.15, 0.2) is 5.60 Å². The van der Waals surface area contributed by atoms with Crippen LogP contribution in [0.3, 0.4) is 0 Å². The van der Waals surface area contributed by atoms with E-state index in [9.17, 15) is 14.7 Å². The van der Waals surface area contributed by atoms with Crippen LogP contribution in [0.4, 0.5) is 11.4 Å². The third-order valence-corrected chi connectivity index (χ3v) is 17.2. The molecule has 5 atom stereocenters. The Balaban J connectivity index is 1.19. The highest BCUT2D eigenvalue weighted by molar-refractivity contribution is 6.91. The normalized spacial score (nSPS) is 22.9. The maximum absolute atomic E-state index is 15.5. The number of methoxy groups -OCH3 is 1. The van der Waals surface area contributed by atoms with Crippen molar-refractivity contribution in [2.24, 2.45) is 5.92 Å². The molecule has 10 nitrogen and oxygen atoms in total. The van der Waals surface area contributed by atoms with Crippen molar-refractivity contribution in [3.63, 3.8) is 0 Å². The van der Waals surface area contributed by atoms with Gasteiger partial charge < -0.3 is 19.5 Å². The quantitative estimate of drug-likeness (QED) is 0.169. The lowest BCUT2D eigenvalue weighted by Gasteiger charge is -2.39. The molecule has 2 amide bonds. The molecule has 0 unspecified atom stereocenters. The maximum atomic E-state index is 15.5. The van der Waals surface area contributed by atoms with E-state index in [1.54, 1.807) is 23.0 Å². The summed E-state index contributed by atoms with van der Waals surface area (Å²) in [6.45, 7) is 6.91. The molecule has 1 saturated heterocycles. The lowest BCUT2D eigenvalue weighted by Crippen LogP contribution is -2.52. The van der Waals surface area contributed by atoms with Crippen molar-refractivity contribution in [1.29, 1.82) is 0 Å². The van der Waals surface area contributed by atoms with Crippen molar-refractivity contribution in [1.82, 2.24) is 14.7 Å². The summed E-state index contributed by atoms with van der Waals surface area (Å²) in [5.41, 5.74) is 3.64. The topological polar surface area (TPSA) is 117 Å². The van der Waals surface area contributed by atoms with Gasteiger partial charge in [-0.05, 0) is 77.7 Å². The van der Waals surface area contributed by atoms with E-state index in [1.807, 2.05) is 97.1 Å². The van der Waals surface area contributed by atoms with Gasteiger partial charge in [0.2, 0.25) is 5.91 Å². The van der Waals surface area contributed by atoms with Crippen LogP contribution in [0.15, 0.2) is 126 Å². The Morgan fingerprint density at radius 1 is 0.895 bits per heavy atom. The summed E-state index contributed by atoms with van der Waals surface area (Å²) in [4.78, 5) is 47.5. The van der Waals surface area contributed by atoms with Gasteiger partial charge in [-0.3, -0.25) is 24.4 Å². The van der Waals surface area contributed by atoms with Crippen molar-refractivity contribution < 1.29 is 24.2 Å². The van der Waals surface area contributed by atoms with Gasteiger partial charge in [0.05, 0.1) is 62.6 Å². The number of nitrogens with zero attached hydrogens (tertiary/aromatic N) is 3. The van der Waals surface area contributed by atoms with Crippen molar-refractivity contribution in [3.05, 3.63) is 148 Å². The number of aliphatic hydroxyl groups is 1. The number of aromatic amines is 1. The Kier molecular flexibility index (Phi) is 9.06. The molecular formula is C46H46N4O6Si. The summed E-state index contributed by atoms with van der Waals surface area (Å²) in [5.74, 6) is 0.0220. The zero-order valence-corrected chi connectivity index (χ0v) is 33.5. The first-order valence-electron chi connectivity index (χ1n) is 19.6. The summed E-state index contributed by atoms with van der Waals surface area (Å²) in [7, 11) is -0.948. The largest absolute Gasteiger partial charge is 0.497 e. The van der Waals surface area contributed by atoms with Crippen molar-refractivity contribution in [2.45, 2.75) is 62.7 Å². The first-order chi connectivity index (χ1) is 27.6. The number of hydrogen-bond donors (Lipinski definition) is 2. The van der Waals surface area contributed by atoms with Gasteiger partial charge in [-0.1, -0.05) is 91.9 Å². The molecule has 3 aliphatic rings. The van der Waals surface area contributed by atoms with E-state index in [1.165, 1.54) is 4.68 Å². The fourth-order valence-corrected chi connectivity index (χ4v) is 14.0. The number of aliphatic hydroxyl groups excluding tert-OH is 1. The summed E-state index contributed by atoms with van der Waals surface area (Å²) < 4.78 is 14.4. The number of carbonyl (C=O) groups excluding carboxylic acids is 2. The minimum atomic E-state index is -2.59.